The number of allylic oxidation sites excluding steroid dienone is 1. The van der Waals surface area contributed by atoms with Crippen LogP contribution in [-0.4, -0.2) is 33.2 Å². The highest BCUT2D eigenvalue weighted by Crippen LogP contribution is 2.29. The maximum Gasteiger partial charge on any atom is 0.161 e. The zero-order valence-electron chi connectivity index (χ0n) is 12.2. The van der Waals surface area contributed by atoms with Gasteiger partial charge in [0.1, 0.15) is 17.7 Å². The summed E-state index contributed by atoms with van der Waals surface area (Å²) in [6.07, 6.45) is 1.89. The van der Waals surface area contributed by atoms with Crippen LogP contribution in [0.1, 0.15) is 12.0 Å². The molecule has 0 bridgehead atoms. The summed E-state index contributed by atoms with van der Waals surface area (Å²) in [6.45, 7) is 1.64. The van der Waals surface area contributed by atoms with Crippen LogP contribution in [0.4, 0.5) is 0 Å². The van der Waals surface area contributed by atoms with Gasteiger partial charge in [0.05, 0.1) is 26.9 Å². The van der Waals surface area contributed by atoms with Crippen molar-refractivity contribution in [1.82, 2.24) is 0 Å². The van der Waals surface area contributed by atoms with Gasteiger partial charge in [0.15, 0.2) is 17.8 Å². The Kier molecular flexibility index (Phi) is 5.79. The van der Waals surface area contributed by atoms with Gasteiger partial charge in [0, 0.05) is 6.42 Å². The van der Waals surface area contributed by atoms with E-state index >= 15 is 0 Å². The van der Waals surface area contributed by atoms with Crippen molar-refractivity contribution in [3.8, 4) is 23.6 Å². The summed E-state index contributed by atoms with van der Waals surface area (Å²) in [4.78, 5) is 0. The van der Waals surface area contributed by atoms with Crippen LogP contribution in [-0.2, 0) is 9.47 Å². The van der Waals surface area contributed by atoms with Crippen molar-refractivity contribution in [3.63, 3.8) is 0 Å². The summed E-state index contributed by atoms with van der Waals surface area (Å²) in [5.41, 5.74) is 0.728. The predicted octanol–water partition coefficient (Wildman–Crippen LogP) is 2.27. The first-order valence-corrected chi connectivity index (χ1v) is 6.82. The Hall–Kier alpha value is -2.54. The molecule has 22 heavy (non-hydrogen) atoms. The molecule has 1 aliphatic heterocycles. The van der Waals surface area contributed by atoms with Crippen molar-refractivity contribution < 1.29 is 18.9 Å². The summed E-state index contributed by atoms with van der Waals surface area (Å²) in [5.74, 6) is 1.13. The number of methoxy groups -OCH3 is 1. The van der Waals surface area contributed by atoms with Crippen molar-refractivity contribution in [2.45, 2.75) is 12.7 Å². The Morgan fingerprint density at radius 3 is 2.64 bits per heavy atom. The molecule has 0 spiro atoms. The molecule has 1 heterocycles. The molecule has 2 rings (SSSR count). The fourth-order valence-corrected chi connectivity index (χ4v) is 1.99. The summed E-state index contributed by atoms with van der Waals surface area (Å²) in [7, 11) is 1.55. The van der Waals surface area contributed by atoms with E-state index in [2.05, 4.69) is 0 Å². The quantitative estimate of drug-likeness (QED) is 0.749. The van der Waals surface area contributed by atoms with Crippen LogP contribution in [0.25, 0.3) is 6.08 Å². The van der Waals surface area contributed by atoms with Gasteiger partial charge in [-0.3, -0.25) is 0 Å². The van der Waals surface area contributed by atoms with E-state index in [4.69, 9.17) is 29.5 Å². The van der Waals surface area contributed by atoms with Crippen molar-refractivity contribution in [3.05, 3.63) is 29.3 Å². The molecule has 6 heteroatoms. The van der Waals surface area contributed by atoms with E-state index in [-0.39, 0.29) is 11.9 Å². The van der Waals surface area contributed by atoms with Gasteiger partial charge in [0.25, 0.3) is 0 Å². The summed E-state index contributed by atoms with van der Waals surface area (Å²) in [5, 5.41) is 17.6. The predicted molar refractivity (Wildman–Crippen MR) is 78.0 cm³/mol. The Balaban J connectivity index is 2.06. The molecule has 1 saturated heterocycles. The number of nitrogens with zero attached hydrogens (tertiary/aromatic N) is 2. The summed E-state index contributed by atoms with van der Waals surface area (Å²) < 4.78 is 21.6. The number of hydrogen-bond donors (Lipinski definition) is 0. The van der Waals surface area contributed by atoms with Crippen LogP contribution in [0.2, 0.25) is 0 Å². The van der Waals surface area contributed by atoms with Crippen molar-refractivity contribution in [1.29, 1.82) is 10.5 Å². The molecule has 1 fully saturated rings. The van der Waals surface area contributed by atoms with E-state index in [0.717, 1.165) is 0 Å². The molecule has 1 aliphatic rings. The van der Waals surface area contributed by atoms with Crippen LogP contribution in [0.3, 0.4) is 0 Å². The number of rotatable bonds is 6. The average molecular weight is 300 g/mol. The smallest absolute Gasteiger partial charge is 0.161 e. The van der Waals surface area contributed by atoms with Crippen LogP contribution >= 0.6 is 0 Å². The van der Waals surface area contributed by atoms with Gasteiger partial charge in [-0.25, -0.2) is 0 Å². The molecule has 6 nitrogen and oxygen atoms in total. The minimum absolute atomic E-state index is 0.0314. The lowest BCUT2D eigenvalue weighted by Gasteiger charge is -2.13. The molecule has 0 radical (unpaired) electrons. The highest BCUT2D eigenvalue weighted by atomic mass is 16.7. The Morgan fingerprint density at radius 1 is 1.27 bits per heavy atom. The van der Waals surface area contributed by atoms with Gasteiger partial charge in [0.2, 0.25) is 0 Å². The number of nitriles is 2. The Morgan fingerprint density at radius 2 is 2.00 bits per heavy atom. The number of hydrogen-bond acceptors (Lipinski definition) is 6. The van der Waals surface area contributed by atoms with Gasteiger partial charge < -0.3 is 18.9 Å². The van der Waals surface area contributed by atoms with Crippen LogP contribution in [0.15, 0.2) is 23.8 Å². The highest BCUT2D eigenvalue weighted by molar-refractivity contribution is 5.64. The minimum Gasteiger partial charge on any atom is -0.493 e. The molecular weight excluding hydrogens is 284 g/mol. The number of ether oxygens (including phenoxy) is 4. The van der Waals surface area contributed by atoms with Gasteiger partial charge in [-0.05, 0) is 23.8 Å². The van der Waals surface area contributed by atoms with Crippen LogP contribution < -0.4 is 9.47 Å². The maximum atomic E-state index is 8.80. The lowest BCUT2D eigenvalue weighted by molar-refractivity contribution is -0.0532. The second-order valence-corrected chi connectivity index (χ2v) is 4.50. The Labute approximate surface area is 129 Å². The molecule has 0 N–H and O–H groups in total. The van der Waals surface area contributed by atoms with E-state index in [1.165, 1.54) is 6.08 Å². The first-order valence-electron chi connectivity index (χ1n) is 6.82. The third-order valence-electron chi connectivity index (χ3n) is 3.04. The summed E-state index contributed by atoms with van der Waals surface area (Å²) in [6, 6.07) is 8.86. The van der Waals surface area contributed by atoms with Crippen molar-refractivity contribution in [2.24, 2.45) is 0 Å². The third-order valence-corrected chi connectivity index (χ3v) is 3.04. The van der Waals surface area contributed by atoms with E-state index < -0.39 is 0 Å². The topological polar surface area (TPSA) is 84.5 Å². The number of benzene rings is 1. The SMILES string of the molecule is COc1ccc(C=C(C#N)C#N)cc1OCCC1OCCO1. The first kappa shape index (κ1) is 15.8. The second-order valence-electron chi connectivity index (χ2n) is 4.50. The monoisotopic (exact) mass is 300 g/mol. The van der Waals surface area contributed by atoms with Gasteiger partial charge in [-0.2, -0.15) is 10.5 Å². The molecule has 0 unspecified atom stereocenters. The molecule has 1 aromatic carbocycles. The average Bonchev–Trinajstić information content (AvgIpc) is 3.06. The fraction of sp³-hybridized carbons (Fsp3) is 0.375. The zero-order chi connectivity index (χ0) is 15.8. The molecule has 1 aromatic rings. The van der Waals surface area contributed by atoms with E-state index in [1.807, 2.05) is 12.1 Å². The molecule has 0 amide bonds. The molecule has 0 atom stereocenters. The van der Waals surface area contributed by atoms with Gasteiger partial charge in [-0.1, -0.05) is 6.07 Å². The third kappa shape index (κ3) is 4.23. The van der Waals surface area contributed by atoms with Gasteiger partial charge >= 0.3 is 0 Å². The summed E-state index contributed by atoms with van der Waals surface area (Å²) >= 11 is 0. The molecule has 0 aliphatic carbocycles. The standard InChI is InChI=1S/C16H16N2O4/c1-19-14-3-2-12(8-13(10-17)11-18)9-15(14)20-5-4-16-21-6-7-22-16/h2-3,8-9,16H,4-7H2,1H3. The van der Waals surface area contributed by atoms with Gasteiger partial charge in [-0.15, -0.1) is 0 Å². The van der Waals surface area contributed by atoms with Crippen LogP contribution in [0, 0.1) is 22.7 Å². The second kappa shape index (κ2) is 8.04. The van der Waals surface area contributed by atoms with Crippen molar-refractivity contribution in [2.75, 3.05) is 26.9 Å². The zero-order valence-corrected chi connectivity index (χ0v) is 12.2. The Bertz CT molecular complexity index is 606. The normalized spacial score (nSPS) is 14.0. The van der Waals surface area contributed by atoms with E-state index in [1.54, 1.807) is 25.3 Å². The largest absolute Gasteiger partial charge is 0.493 e. The fourth-order valence-electron chi connectivity index (χ4n) is 1.99. The molecular formula is C16H16N2O4. The minimum atomic E-state index is -0.224. The van der Waals surface area contributed by atoms with E-state index in [9.17, 15) is 0 Å². The molecule has 114 valence electrons. The lowest BCUT2D eigenvalue weighted by Crippen LogP contribution is -2.12. The van der Waals surface area contributed by atoms with E-state index in [0.29, 0.717) is 43.3 Å². The molecule has 0 aromatic heterocycles. The maximum absolute atomic E-state index is 8.80. The lowest BCUT2D eigenvalue weighted by atomic mass is 10.1. The molecule has 0 saturated carbocycles. The highest BCUT2D eigenvalue weighted by Gasteiger charge is 2.16. The van der Waals surface area contributed by atoms with Crippen molar-refractivity contribution >= 4 is 6.08 Å². The first-order chi connectivity index (χ1) is 10.8. The van der Waals surface area contributed by atoms with Crippen LogP contribution in [0.5, 0.6) is 11.5 Å².